The largest absolute Gasteiger partial charge is 0.240 e. The van der Waals surface area contributed by atoms with Gasteiger partial charge < -0.3 is 0 Å². The van der Waals surface area contributed by atoms with Crippen LogP contribution in [0.1, 0.15) is 38.8 Å². The van der Waals surface area contributed by atoms with Gasteiger partial charge in [-0.15, -0.1) is 0 Å². The Labute approximate surface area is 127 Å². The molecule has 4 nitrogen and oxygen atoms in total. The number of hydrogen-bond acceptors (Lipinski definition) is 3. The van der Waals surface area contributed by atoms with E-state index in [1.807, 2.05) is 6.07 Å². The second-order valence-corrected chi connectivity index (χ2v) is 8.70. The molecule has 1 aromatic carbocycles. The number of benzene rings is 1. The highest BCUT2D eigenvalue weighted by Gasteiger charge is 2.64. The van der Waals surface area contributed by atoms with E-state index < -0.39 is 10.0 Å². The average molecular weight is 306 g/mol. The molecule has 0 aromatic heterocycles. The number of nitrogens with zero attached hydrogens (tertiary/aromatic N) is 1. The molecule has 0 aliphatic heterocycles. The Morgan fingerprint density at radius 3 is 2.24 bits per heavy atom. The van der Waals surface area contributed by atoms with Crippen molar-refractivity contribution in [3.8, 4) is 6.07 Å². The molecule has 0 heterocycles. The molecule has 0 spiro atoms. The molecule has 1 aromatic rings. The van der Waals surface area contributed by atoms with Gasteiger partial charge in [-0.2, -0.15) is 5.26 Å². The number of nitriles is 1. The lowest BCUT2D eigenvalue weighted by molar-refractivity contribution is 0.457. The van der Waals surface area contributed by atoms with Crippen LogP contribution in [0.2, 0.25) is 0 Å². The van der Waals surface area contributed by atoms with Gasteiger partial charge in [-0.05, 0) is 47.4 Å². The highest BCUT2D eigenvalue weighted by Crippen LogP contribution is 2.67. The normalized spacial score (nSPS) is 20.0. The van der Waals surface area contributed by atoms with Crippen LogP contribution in [0.25, 0.3) is 0 Å². The second kappa shape index (κ2) is 4.82. The Balaban J connectivity index is 2.14. The van der Waals surface area contributed by atoms with Gasteiger partial charge in [-0.25, -0.2) is 13.1 Å². The van der Waals surface area contributed by atoms with Crippen LogP contribution in [0.5, 0.6) is 0 Å². The van der Waals surface area contributed by atoms with Crippen LogP contribution < -0.4 is 4.72 Å². The SMILES string of the molecule is Cc1cc(S(=O)(=O)NCC2C(C)(C)C2(C)C)ccc1C#N. The van der Waals surface area contributed by atoms with Crippen molar-refractivity contribution in [3.63, 3.8) is 0 Å². The highest BCUT2D eigenvalue weighted by atomic mass is 32.2. The summed E-state index contributed by atoms with van der Waals surface area (Å²) in [5.41, 5.74) is 1.47. The summed E-state index contributed by atoms with van der Waals surface area (Å²) in [6.45, 7) is 10.8. The lowest BCUT2D eigenvalue weighted by Crippen LogP contribution is -2.27. The Bertz CT molecular complexity index is 698. The molecule has 114 valence electrons. The van der Waals surface area contributed by atoms with Gasteiger partial charge in [0.1, 0.15) is 0 Å². The van der Waals surface area contributed by atoms with E-state index in [0.717, 1.165) is 0 Å². The van der Waals surface area contributed by atoms with E-state index in [4.69, 9.17) is 5.26 Å². The predicted octanol–water partition coefficient (Wildman–Crippen LogP) is 2.83. The molecule has 1 aliphatic rings. The van der Waals surface area contributed by atoms with E-state index in [-0.39, 0.29) is 15.7 Å². The molecular weight excluding hydrogens is 284 g/mol. The predicted molar refractivity (Wildman–Crippen MR) is 82.1 cm³/mol. The number of rotatable bonds is 4. The third-order valence-electron chi connectivity index (χ3n) is 5.43. The van der Waals surface area contributed by atoms with Crippen molar-refractivity contribution in [2.75, 3.05) is 6.54 Å². The van der Waals surface area contributed by atoms with Crippen LogP contribution in [0.3, 0.4) is 0 Å². The zero-order chi connectivity index (χ0) is 16.1. The minimum absolute atomic E-state index is 0.149. The Morgan fingerprint density at radius 2 is 1.81 bits per heavy atom. The first-order valence-corrected chi connectivity index (χ1v) is 8.53. The zero-order valence-electron chi connectivity index (χ0n) is 13.2. The summed E-state index contributed by atoms with van der Waals surface area (Å²) < 4.78 is 27.4. The molecule has 1 N–H and O–H groups in total. The quantitative estimate of drug-likeness (QED) is 0.930. The Morgan fingerprint density at radius 1 is 1.24 bits per heavy atom. The summed E-state index contributed by atoms with van der Waals surface area (Å²) in [6.07, 6.45) is 0. The summed E-state index contributed by atoms with van der Waals surface area (Å²) in [6, 6.07) is 6.62. The molecule has 0 amide bonds. The van der Waals surface area contributed by atoms with Crippen molar-refractivity contribution < 1.29 is 8.42 Å². The van der Waals surface area contributed by atoms with E-state index in [9.17, 15) is 8.42 Å². The maximum absolute atomic E-state index is 12.3. The van der Waals surface area contributed by atoms with Crippen LogP contribution in [-0.2, 0) is 10.0 Å². The second-order valence-electron chi connectivity index (χ2n) is 6.94. The standard InChI is InChI=1S/C16H22N2O2S/c1-11-8-13(7-6-12(11)9-17)21(19,20)18-10-14-15(2,3)16(14,4)5/h6-8,14,18H,10H2,1-5H3. The summed E-state index contributed by atoms with van der Waals surface area (Å²) in [7, 11) is -3.52. The molecule has 2 rings (SSSR count). The maximum Gasteiger partial charge on any atom is 0.240 e. The lowest BCUT2D eigenvalue weighted by atomic mass is 10.0. The molecule has 0 saturated heterocycles. The van der Waals surface area contributed by atoms with Crippen LogP contribution >= 0.6 is 0 Å². The fourth-order valence-corrected chi connectivity index (χ4v) is 4.18. The molecule has 0 radical (unpaired) electrons. The van der Waals surface area contributed by atoms with Crippen molar-refractivity contribution in [1.82, 2.24) is 4.72 Å². The monoisotopic (exact) mass is 306 g/mol. The van der Waals surface area contributed by atoms with E-state index in [1.165, 1.54) is 6.07 Å². The topological polar surface area (TPSA) is 70.0 Å². The molecule has 5 heteroatoms. The fourth-order valence-electron chi connectivity index (χ4n) is 3.05. The summed E-state index contributed by atoms with van der Waals surface area (Å²) in [5.74, 6) is 0.333. The van der Waals surface area contributed by atoms with Crippen LogP contribution in [0, 0.1) is 35.0 Å². The van der Waals surface area contributed by atoms with Crippen molar-refractivity contribution >= 4 is 10.0 Å². The van der Waals surface area contributed by atoms with Crippen molar-refractivity contribution in [2.45, 2.75) is 39.5 Å². The number of nitrogens with one attached hydrogen (secondary N) is 1. The van der Waals surface area contributed by atoms with Crippen molar-refractivity contribution in [3.05, 3.63) is 29.3 Å². The van der Waals surface area contributed by atoms with E-state index in [2.05, 4.69) is 32.4 Å². The van der Waals surface area contributed by atoms with Gasteiger partial charge in [0.15, 0.2) is 0 Å². The van der Waals surface area contributed by atoms with Gasteiger partial charge in [-0.1, -0.05) is 27.7 Å². The van der Waals surface area contributed by atoms with E-state index in [1.54, 1.807) is 19.1 Å². The maximum atomic E-state index is 12.3. The zero-order valence-corrected chi connectivity index (χ0v) is 14.0. The first-order chi connectivity index (χ1) is 9.54. The van der Waals surface area contributed by atoms with Gasteiger partial charge in [0, 0.05) is 6.54 Å². The summed E-state index contributed by atoms with van der Waals surface area (Å²) in [5, 5.41) is 8.90. The Kier molecular flexibility index (Phi) is 3.67. The molecule has 0 unspecified atom stereocenters. The van der Waals surface area contributed by atoms with Crippen LogP contribution in [0.4, 0.5) is 0 Å². The molecule has 1 fully saturated rings. The number of sulfonamides is 1. The smallest absolute Gasteiger partial charge is 0.211 e. The summed E-state index contributed by atoms with van der Waals surface area (Å²) in [4.78, 5) is 0.218. The molecule has 1 aliphatic carbocycles. The number of hydrogen-bond donors (Lipinski definition) is 1. The summed E-state index contributed by atoms with van der Waals surface area (Å²) >= 11 is 0. The average Bonchev–Trinajstić information content (AvgIpc) is 2.77. The third-order valence-corrected chi connectivity index (χ3v) is 6.85. The van der Waals surface area contributed by atoms with E-state index in [0.29, 0.717) is 23.6 Å². The highest BCUT2D eigenvalue weighted by molar-refractivity contribution is 7.89. The molecule has 0 bridgehead atoms. The van der Waals surface area contributed by atoms with Crippen LogP contribution in [-0.4, -0.2) is 15.0 Å². The van der Waals surface area contributed by atoms with Gasteiger partial charge in [0.25, 0.3) is 0 Å². The Hall–Kier alpha value is -1.38. The third kappa shape index (κ3) is 2.58. The lowest BCUT2D eigenvalue weighted by Gasteiger charge is -2.09. The molecule has 21 heavy (non-hydrogen) atoms. The van der Waals surface area contributed by atoms with Crippen molar-refractivity contribution in [2.24, 2.45) is 16.7 Å². The number of aryl methyl sites for hydroxylation is 1. The van der Waals surface area contributed by atoms with Gasteiger partial charge >= 0.3 is 0 Å². The molecule has 0 atom stereocenters. The van der Waals surface area contributed by atoms with Gasteiger partial charge in [0.05, 0.1) is 16.5 Å². The molecule has 1 saturated carbocycles. The fraction of sp³-hybridized carbons (Fsp3) is 0.562. The minimum atomic E-state index is -3.52. The minimum Gasteiger partial charge on any atom is -0.211 e. The first kappa shape index (κ1) is 16.0. The van der Waals surface area contributed by atoms with Crippen LogP contribution in [0.15, 0.2) is 23.1 Å². The van der Waals surface area contributed by atoms with Gasteiger partial charge in [0.2, 0.25) is 10.0 Å². The first-order valence-electron chi connectivity index (χ1n) is 7.04. The van der Waals surface area contributed by atoms with Gasteiger partial charge in [-0.3, -0.25) is 0 Å². The molecular formula is C16H22N2O2S. The van der Waals surface area contributed by atoms with E-state index >= 15 is 0 Å². The van der Waals surface area contributed by atoms with Crippen molar-refractivity contribution in [1.29, 1.82) is 5.26 Å².